The average Bonchev–Trinajstić information content (AvgIpc) is 3.05. The van der Waals surface area contributed by atoms with Crippen molar-refractivity contribution in [3.05, 3.63) is 44.5 Å². The van der Waals surface area contributed by atoms with Crippen LogP contribution in [0.1, 0.15) is 5.56 Å². The fraction of sp³-hybridized carbons (Fsp3) is 0.312. The Kier molecular flexibility index (Phi) is 4.62. The van der Waals surface area contributed by atoms with Crippen LogP contribution < -0.4 is 10.5 Å². The number of aromatic nitrogens is 4. The number of nitrogens with one attached hydrogen (secondary N) is 1. The second-order valence-electron chi connectivity index (χ2n) is 6.08. The first-order chi connectivity index (χ1) is 13.2. The first kappa shape index (κ1) is 18.9. The zero-order chi connectivity index (χ0) is 20.1. The molecule has 7 nitrogen and oxygen atoms in total. The summed E-state index contributed by atoms with van der Waals surface area (Å²) in [5.74, 6) is -0.905. The van der Waals surface area contributed by atoms with E-state index in [2.05, 4.69) is 31.0 Å². The number of halogens is 5. The summed E-state index contributed by atoms with van der Waals surface area (Å²) < 4.78 is 60.5. The predicted octanol–water partition coefficient (Wildman–Crippen LogP) is 2.87. The van der Waals surface area contributed by atoms with Crippen LogP contribution >= 0.6 is 15.9 Å². The summed E-state index contributed by atoms with van der Waals surface area (Å²) in [6.07, 6.45) is -3.79. The summed E-state index contributed by atoms with van der Waals surface area (Å²) >= 11 is 2.86. The quantitative estimate of drug-likeness (QED) is 0.593. The van der Waals surface area contributed by atoms with E-state index in [-0.39, 0.29) is 21.5 Å². The molecule has 3 aromatic rings. The van der Waals surface area contributed by atoms with Crippen molar-refractivity contribution in [3.8, 4) is 5.69 Å². The standard InChI is InChI=1S/C16H12BrF4N5O2/c17-8-5-10(16(19,20)21)12(11(18)6-8)26-7-9-13(24-26)22-15(23-14(9)27)25-1-3-28-4-2-25/h5-7H,1-4H2,(H,22,23,24,27). The first-order valence-corrected chi connectivity index (χ1v) is 8.92. The lowest BCUT2D eigenvalue weighted by atomic mass is 10.1. The molecular weight excluding hydrogens is 450 g/mol. The van der Waals surface area contributed by atoms with Crippen LogP contribution in [0.2, 0.25) is 0 Å². The third-order valence-electron chi connectivity index (χ3n) is 4.25. The van der Waals surface area contributed by atoms with E-state index in [0.29, 0.717) is 31.0 Å². The summed E-state index contributed by atoms with van der Waals surface area (Å²) in [6, 6.07) is 1.65. The van der Waals surface area contributed by atoms with E-state index in [9.17, 15) is 22.4 Å². The van der Waals surface area contributed by atoms with E-state index in [4.69, 9.17) is 4.74 Å². The highest BCUT2D eigenvalue weighted by molar-refractivity contribution is 9.10. The number of aromatic amines is 1. The molecule has 1 saturated heterocycles. The molecule has 0 radical (unpaired) electrons. The van der Waals surface area contributed by atoms with Gasteiger partial charge in [-0.2, -0.15) is 18.2 Å². The third kappa shape index (κ3) is 3.37. The predicted molar refractivity (Wildman–Crippen MR) is 95.2 cm³/mol. The molecule has 1 aliphatic heterocycles. The van der Waals surface area contributed by atoms with Gasteiger partial charge in [-0.3, -0.25) is 9.78 Å². The fourth-order valence-corrected chi connectivity index (χ4v) is 3.39. The minimum absolute atomic E-state index is 0.0487. The van der Waals surface area contributed by atoms with Crippen molar-refractivity contribution in [1.82, 2.24) is 19.7 Å². The van der Waals surface area contributed by atoms with Gasteiger partial charge in [-0.25, -0.2) is 9.07 Å². The highest BCUT2D eigenvalue weighted by atomic mass is 79.9. The summed E-state index contributed by atoms with van der Waals surface area (Å²) in [7, 11) is 0. The average molecular weight is 462 g/mol. The molecule has 4 rings (SSSR count). The van der Waals surface area contributed by atoms with Crippen molar-refractivity contribution >= 4 is 32.9 Å². The van der Waals surface area contributed by atoms with E-state index in [1.54, 1.807) is 4.90 Å². The zero-order valence-electron chi connectivity index (χ0n) is 14.1. The molecule has 1 N–H and O–H groups in total. The number of nitrogens with zero attached hydrogens (tertiary/aromatic N) is 4. The lowest BCUT2D eigenvalue weighted by molar-refractivity contribution is -0.137. The van der Waals surface area contributed by atoms with Gasteiger partial charge in [-0.05, 0) is 12.1 Å². The molecule has 148 valence electrons. The van der Waals surface area contributed by atoms with Gasteiger partial charge in [-0.1, -0.05) is 15.9 Å². The highest BCUT2D eigenvalue weighted by Crippen LogP contribution is 2.37. The second-order valence-corrected chi connectivity index (χ2v) is 7.00. The molecule has 1 aromatic carbocycles. The molecule has 1 fully saturated rings. The van der Waals surface area contributed by atoms with Crippen molar-refractivity contribution in [2.75, 3.05) is 31.2 Å². The number of anilines is 1. The van der Waals surface area contributed by atoms with E-state index in [1.165, 1.54) is 0 Å². The van der Waals surface area contributed by atoms with Crippen molar-refractivity contribution in [2.24, 2.45) is 0 Å². The van der Waals surface area contributed by atoms with E-state index in [1.807, 2.05) is 0 Å². The maximum absolute atomic E-state index is 14.4. The molecule has 28 heavy (non-hydrogen) atoms. The Labute approximate surface area is 163 Å². The Morgan fingerprint density at radius 2 is 1.93 bits per heavy atom. The van der Waals surface area contributed by atoms with Gasteiger partial charge in [0, 0.05) is 23.8 Å². The molecule has 0 unspecified atom stereocenters. The number of morpholine rings is 1. The number of benzene rings is 1. The van der Waals surface area contributed by atoms with Gasteiger partial charge in [0.2, 0.25) is 5.95 Å². The fourth-order valence-electron chi connectivity index (χ4n) is 2.96. The second kappa shape index (κ2) is 6.85. The lowest BCUT2D eigenvalue weighted by Crippen LogP contribution is -2.38. The maximum Gasteiger partial charge on any atom is 0.418 e. The Morgan fingerprint density at radius 3 is 2.61 bits per heavy atom. The van der Waals surface area contributed by atoms with E-state index in [0.717, 1.165) is 18.3 Å². The number of hydrogen-bond donors (Lipinski definition) is 1. The molecule has 0 spiro atoms. The van der Waals surface area contributed by atoms with Crippen molar-refractivity contribution in [2.45, 2.75) is 6.18 Å². The van der Waals surface area contributed by atoms with Crippen LogP contribution in [-0.2, 0) is 10.9 Å². The largest absolute Gasteiger partial charge is 0.418 e. The van der Waals surface area contributed by atoms with Crippen molar-refractivity contribution in [3.63, 3.8) is 0 Å². The van der Waals surface area contributed by atoms with Gasteiger partial charge in [0.15, 0.2) is 11.5 Å². The number of fused-ring (bicyclic) bond motifs is 1. The molecular formula is C16H12BrF4N5O2. The summed E-state index contributed by atoms with van der Waals surface area (Å²) in [6.45, 7) is 1.90. The first-order valence-electron chi connectivity index (χ1n) is 8.13. The van der Waals surface area contributed by atoms with Gasteiger partial charge >= 0.3 is 6.18 Å². The monoisotopic (exact) mass is 461 g/mol. The van der Waals surface area contributed by atoms with Crippen LogP contribution in [0.25, 0.3) is 16.7 Å². The van der Waals surface area contributed by atoms with Gasteiger partial charge in [0.05, 0.1) is 18.8 Å². The molecule has 0 amide bonds. The molecule has 2 aromatic heterocycles. The number of H-pyrrole nitrogens is 1. The summed E-state index contributed by atoms with van der Waals surface area (Å²) in [5.41, 5.74) is -2.69. The van der Waals surface area contributed by atoms with E-state index >= 15 is 0 Å². The molecule has 0 bridgehead atoms. The summed E-state index contributed by atoms with van der Waals surface area (Å²) in [5, 5.41) is 3.89. The Bertz CT molecular complexity index is 1100. The van der Waals surface area contributed by atoms with Crippen LogP contribution in [0.4, 0.5) is 23.5 Å². The SMILES string of the molecule is O=c1[nH]c(N2CCOCC2)nc2nn(-c3c(F)cc(Br)cc3C(F)(F)F)cc12. The Balaban J connectivity index is 1.87. The van der Waals surface area contributed by atoms with Crippen LogP contribution in [-0.4, -0.2) is 46.1 Å². The maximum atomic E-state index is 14.4. The normalized spacial score (nSPS) is 15.4. The van der Waals surface area contributed by atoms with Crippen molar-refractivity contribution < 1.29 is 22.3 Å². The van der Waals surface area contributed by atoms with Crippen molar-refractivity contribution in [1.29, 1.82) is 0 Å². The molecule has 1 aliphatic rings. The Morgan fingerprint density at radius 1 is 1.21 bits per heavy atom. The minimum atomic E-state index is -4.82. The molecule has 0 saturated carbocycles. The van der Waals surface area contributed by atoms with E-state index < -0.39 is 28.8 Å². The van der Waals surface area contributed by atoms with Gasteiger partial charge < -0.3 is 9.64 Å². The molecule has 0 aliphatic carbocycles. The number of rotatable bonds is 2. The smallest absolute Gasteiger partial charge is 0.378 e. The molecule has 3 heterocycles. The molecule has 0 atom stereocenters. The minimum Gasteiger partial charge on any atom is -0.378 e. The number of alkyl halides is 3. The third-order valence-corrected chi connectivity index (χ3v) is 4.71. The van der Waals surface area contributed by atoms with Crippen LogP contribution in [0.15, 0.2) is 27.6 Å². The molecule has 12 heteroatoms. The van der Waals surface area contributed by atoms with Gasteiger partial charge in [0.25, 0.3) is 5.56 Å². The van der Waals surface area contributed by atoms with Gasteiger partial charge in [-0.15, -0.1) is 5.10 Å². The highest BCUT2D eigenvalue weighted by Gasteiger charge is 2.36. The Hall–Kier alpha value is -2.47. The number of ether oxygens (including phenoxy) is 1. The lowest BCUT2D eigenvalue weighted by Gasteiger charge is -2.26. The van der Waals surface area contributed by atoms with Crippen LogP contribution in [0.5, 0.6) is 0 Å². The van der Waals surface area contributed by atoms with Crippen LogP contribution in [0, 0.1) is 5.82 Å². The topological polar surface area (TPSA) is 76.0 Å². The number of hydrogen-bond acceptors (Lipinski definition) is 5. The zero-order valence-corrected chi connectivity index (χ0v) is 15.6. The van der Waals surface area contributed by atoms with Gasteiger partial charge in [0.1, 0.15) is 11.1 Å². The van der Waals surface area contributed by atoms with Crippen LogP contribution in [0.3, 0.4) is 0 Å². The summed E-state index contributed by atoms with van der Waals surface area (Å²) in [4.78, 5) is 20.9.